The molecule has 0 bridgehead atoms. The van der Waals surface area contributed by atoms with Gasteiger partial charge in [-0.3, -0.25) is 0 Å². The number of aryl methyl sites for hydroxylation is 2. The largest absolute Gasteiger partial charge is 0.316 e. The van der Waals surface area contributed by atoms with Crippen LogP contribution in [-0.4, -0.2) is 22.8 Å². The lowest BCUT2D eigenvalue weighted by Gasteiger charge is -2.21. The minimum atomic E-state index is 0.518. The van der Waals surface area contributed by atoms with Crippen LogP contribution in [0.1, 0.15) is 47.3 Å². The average Bonchev–Trinajstić information content (AvgIpc) is 2.35. The molecule has 0 saturated carbocycles. The minimum Gasteiger partial charge on any atom is -0.316 e. The Labute approximate surface area is 108 Å². The Hall–Kier alpha value is -0.610. The lowest BCUT2D eigenvalue weighted by Crippen LogP contribution is -2.14. The molecule has 1 saturated heterocycles. The smallest absolute Gasteiger partial charge is 0.141 e. The lowest BCUT2D eigenvalue weighted by molar-refractivity contribution is 0.653. The van der Waals surface area contributed by atoms with Crippen LogP contribution in [0.15, 0.2) is 0 Å². The highest BCUT2D eigenvalue weighted by Gasteiger charge is 2.20. The lowest BCUT2D eigenvalue weighted by atomic mass is 10.1. The Morgan fingerprint density at radius 3 is 2.47 bits per heavy atom. The SMILES string of the molecule is CNCc1c(C)nc(C2CCCCS2)nc1C. The van der Waals surface area contributed by atoms with E-state index in [-0.39, 0.29) is 0 Å². The van der Waals surface area contributed by atoms with E-state index in [0.717, 1.165) is 23.8 Å². The molecule has 17 heavy (non-hydrogen) atoms. The standard InChI is InChI=1S/C13H21N3S/c1-9-11(8-14-3)10(2)16-13(15-9)12-6-4-5-7-17-12/h12,14H,4-8H2,1-3H3. The Kier molecular flexibility index (Phi) is 4.40. The van der Waals surface area contributed by atoms with Gasteiger partial charge in [-0.1, -0.05) is 6.42 Å². The Balaban J connectivity index is 2.24. The zero-order valence-corrected chi connectivity index (χ0v) is 11.7. The van der Waals surface area contributed by atoms with Crippen LogP contribution in [0.3, 0.4) is 0 Å². The first-order valence-electron chi connectivity index (χ1n) is 6.32. The summed E-state index contributed by atoms with van der Waals surface area (Å²) in [6.07, 6.45) is 3.89. The van der Waals surface area contributed by atoms with E-state index in [1.165, 1.54) is 30.6 Å². The second-order valence-electron chi connectivity index (χ2n) is 4.62. The quantitative estimate of drug-likeness (QED) is 0.896. The van der Waals surface area contributed by atoms with Crippen LogP contribution in [0, 0.1) is 13.8 Å². The van der Waals surface area contributed by atoms with E-state index >= 15 is 0 Å². The van der Waals surface area contributed by atoms with Gasteiger partial charge in [0.25, 0.3) is 0 Å². The van der Waals surface area contributed by atoms with E-state index in [4.69, 9.17) is 9.97 Å². The maximum absolute atomic E-state index is 4.70. The van der Waals surface area contributed by atoms with Crippen molar-refractivity contribution in [1.82, 2.24) is 15.3 Å². The molecule has 1 aromatic heterocycles. The second-order valence-corrected chi connectivity index (χ2v) is 5.93. The molecule has 1 fully saturated rings. The van der Waals surface area contributed by atoms with E-state index in [9.17, 15) is 0 Å². The predicted octanol–water partition coefficient (Wildman–Crippen LogP) is 2.77. The van der Waals surface area contributed by atoms with Crippen molar-refractivity contribution in [2.45, 2.75) is 44.9 Å². The summed E-state index contributed by atoms with van der Waals surface area (Å²) < 4.78 is 0. The fourth-order valence-electron chi connectivity index (χ4n) is 2.29. The number of hydrogen-bond donors (Lipinski definition) is 1. The summed E-state index contributed by atoms with van der Waals surface area (Å²) in [7, 11) is 1.96. The van der Waals surface area contributed by atoms with Crippen LogP contribution in [0.4, 0.5) is 0 Å². The monoisotopic (exact) mass is 251 g/mol. The molecule has 4 heteroatoms. The first kappa shape index (κ1) is 12.8. The summed E-state index contributed by atoms with van der Waals surface area (Å²) in [4.78, 5) is 9.41. The Morgan fingerprint density at radius 2 is 1.94 bits per heavy atom. The van der Waals surface area contributed by atoms with Crippen molar-refractivity contribution in [3.05, 3.63) is 22.8 Å². The van der Waals surface area contributed by atoms with Crippen LogP contribution < -0.4 is 5.32 Å². The van der Waals surface area contributed by atoms with Gasteiger partial charge in [0, 0.05) is 23.5 Å². The molecule has 2 heterocycles. The van der Waals surface area contributed by atoms with Gasteiger partial charge < -0.3 is 5.32 Å². The third kappa shape index (κ3) is 2.99. The van der Waals surface area contributed by atoms with Gasteiger partial charge in [-0.05, 0) is 39.5 Å². The number of nitrogens with one attached hydrogen (secondary N) is 1. The number of aromatic nitrogens is 2. The van der Waals surface area contributed by atoms with Crippen LogP contribution in [0.2, 0.25) is 0 Å². The van der Waals surface area contributed by atoms with E-state index < -0.39 is 0 Å². The molecule has 0 amide bonds. The molecular weight excluding hydrogens is 230 g/mol. The summed E-state index contributed by atoms with van der Waals surface area (Å²) in [6.45, 7) is 5.05. The van der Waals surface area contributed by atoms with Gasteiger partial charge in [-0.2, -0.15) is 11.8 Å². The van der Waals surface area contributed by atoms with Crippen molar-refractivity contribution in [3.63, 3.8) is 0 Å². The van der Waals surface area contributed by atoms with Crippen molar-refractivity contribution in [3.8, 4) is 0 Å². The van der Waals surface area contributed by atoms with E-state index in [0.29, 0.717) is 5.25 Å². The van der Waals surface area contributed by atoms with Gasteiger partial charge >= 0.3 is 0 Å². The topological polar surface area (TPSA) is 37.8 Å². The van der Waals surface area contributed by atoms with E-state index in [1.54, 1.807) is 0 Å². The van der Waals surface area contributed by atoms with Gasteiger partial charge in [0.2, 0.25) is 0 Å². The van der Waals surface area contributed by atoms with Crippen LogP contribution in [-0.2, 0) is 6.54 Å². The molecule has 2 rings (SSSR count). The first-order valence-corrected chi connectivity index (χ1v) is 7.37. The molecule has 1 atom stereocenters. The Morgan fingerprint density at radius 1 is 1.24 bits per heavy atom. The fraction of sp³-hybridized carbons (Fsp3) is 0.692. The molecule has 1 aliphatic heterocycles. The minimum absolute atomic E-state index is 0.518. The molecule has 0 aliphatic carbocycles. The zero-order valence-electron chi connectivity index (χ0n) is 10.9. The summed E-state index contributed by atoms with van der Waals surface area (Å²) in [5, 5.41) is 3.70. The summed E-state index contributed by atoms with van der Waals surface area (Å²) in [6, 6.07) is 0. The average molecular weight is 251 g/mol. The molecular formula is C13H21N3S. The van der Waals surface area contributed by atoms with Gasteiger partial charge in [-0.25, -0.2) is 9.97 Å². The molecule has 0 spiro atoms. The number of nitrogens with zero attached hydrogens (tertiary/aromatic N) is 2. The van der Waals surface area contributed by atoms with Crippen molar-refractivity contribution < 1.29 is 0 Å². The number of rotatable bonds is 3. The van der Waals surface area contributed by atoms with Gasteiger partial charge in [-0.15, -0.1) is 0 Å². The molecule has 3 nitrogen and oxygen atoms in total. The molecule has 94 valence electrons. The predicted molar refractivity (Wildman–Crippen MR) is 73.3 cm³/mol. The Bertz CT molecular complexity index is 363. The molecule has 0 radical (unpaired) electrons. The zero-order chi connectivity index (χ0) is 12.3. The molecule has 1 unspecified atom stereocenters. The summed E-state index contributed by atoms with van der Waals surface area (Å²) in [5.41, 5.74) is 3.51. The first-order chi connectivity index (χ1) is 8.22. The fourth-order valence-corrected chi connectivity index (χ4v) is 3.53. The highest BCUT2D eigenvalue weighted by Crippen LogP contribution is 2.36. The van der Waals surface area contributed by atoms with Gasteiger partial charge in [0.1, 0.15) is 5.82 Å². The summed E-state index contributed by atoms with van der Waals surface area (Å²) in [5.74, 6) is 2.30. The third-order valence-corrected chi connectivity index (χ3v) is 4.63. The normalized spacial score (nSPS) is 20.5. The van der Waals surface area contributed by atoms with Gasteiger partial charge in [0.15, 0.2) is 0 Å². The van der Waals surface area contributed by atoms with Crippen LogP contribution in [0.5, 0.6) is 0 Å². The summed E-state index contributed by atoms with van der Waals surface area (Å²) >= 11 is 2.01. The van der Waals surface area contributed by atoms with Crippen LogP contribution >= 0.6 is 11.8 Å². The van der Waals surface area contributed by atoms with E-state index in [1.807, 2.05) is 18.8 Å². The maximum atomic E-state index is 4.70. The molecule has 1 aliphatic rings. The maximum Gasteiger partial charge on any atom is 0.141 e. The van der Waals surface area contributed by atoms with Crippen molar-refractivity contribution in [2.75, 3.05) is 12.8 Å². The number of thioether (sulfide) groups is 1. The van der Waals surface area contributed by atoms with Crippen molar-refractivity contribution >= 4 is 11.8 Å². The molecule has 1 aromatic rings. The van der Waals surface area contributed by atoms with Crippen molar-refractivity contribution in [1.29, 1.82) is 0 Å². The third-order valence-electron chi connectivity index (χ3n) is 3.26. The van der Waals surface area contributed by atoms with Crippen LogP contribution in [0.25, 0.3) is 0 Å². The van der Waals surface area contributed by atoms with Crippen molar-refractivity contribution in [2.24, 2.45) is 0 Å². The highest BCUT2D eigenvalue weighted by molar-refractivity contribution is 7.99. The second kappa shape index (κ2) is 5.83. The molecule has 1 N–H and O–H groups in total. The number of hydrogen-bond acceptors (Lipinski definition) is 4. The highest BCUT2D eigenvalue weighted by atomic mass is 32.2. The molecule has 0 aromatic carbocycles. The van der Waals surface area contributed by atoms with E-state index in [2.05, 4.69) is 19.2 Å². The van der Waals surface area contributed by atoms with Gasteiger partial charge in [0.05, 0.1) is 5.25 Å².